The summed E-state index contributed by atoms with van der Waals surface area (Å²) in [4.78, 5) is 19.1. The van der Waals surface area contributed by atoms with Crippen LogP contribution in [0, 0.1) is 20.8 Å². The third-order valence-electron chi connectivity index (χ3n) is 4.78. The van der Waals surface area contributed by atoms with E-state index in [1.165, 1.54) is 0 Å². The molecular formula is C19H26N4O3. The first-order chi connectivity index (χ1) is 12.5. The van der Waals surface area contributed by atoms with Gasteiger partial charge < -0.3 is 19.5 Å². The number of aromatic nitrogens is 2. The molecule has 3 heterocycles. The number of nitrogens with one attached hydrogen (secondary N) is 1. The van der Waals surface area contributed by atoms with E-state index < -0.39 is 0 Å². The number of hydrogen-bond acceptors (Lipinski definition) is 6. The first-order valence-corrected chi connectivity index (χ1v) is 8.95. The van der Waals surface area contributed by atoms with Gasteiger partial charge in [0.05, 0.1) is 24.5 Å². The molecular weight excluding hydrogens is 332 g/mol. The second kappa shape index (κ2) is 7.86. The number of carbonyl (C=O) groups is 1. The molecule has 1 aliphatic rings. The minimum absolute atomic E-state index is 0.125. The topological polar surface area (TPSA) is 80.5 Å². The summed E-state index contributed by atoms with van der Waals surface area (Å²) in [7, 11) is 1.88. The van der Waals surface area contributed by atoms with E-state index in [1.807, 2.05) is 44.9 Å². The van der Waals surface area contributed by atoms with E-state index in [-0.39, 0.29) is 12.0 Å². The molecule has 26 heavy (non-hydrogen) atoms. The van der Waals surface area contributed by atoms with E-state index in [1.54, 1.807) is 0 Å². The number of aryl methyl sites for hydroxylation is 3. The highest BCUT2D eigenvalue weighted by atomic mass is 16.5. The second-order valence-corrected chi connectivity index (χ2v) is 6.67. The zero-order chi connectivity index (χ0) is 18.7. The molecule has 140 valence electrons. The number of carbonyl (C=O) groups excluding carboxylic acids is 1. The smallest absolute Gasteiger partial charge is 0.223 e. The molecule has 1 aliphatic heterocycles. The van der Waals surface area contributed by atoms with Crippen LogP contribution in [0.15, 0.2) is 16.7 Å². The number of rotatable bonds is 5. The van der Waals surface area contributed by atoms with E-state index in [0.717, 1.165) is 34.1 Å². The van der Waals surface area contributed by atoms with Crippen molar-refractivity contribution in [1.29, 1.82) is 0 Å². The van der Waals surface area contributed by atoms with Crippen molar-refractivity contribution >= 4 is 11.6 Å². The molecule has 0 radical (unpaired) electrons. The molecule has 0 bridgehead atoms. The summed E-state index contributed by atoms with van der Waals surface area (Å²) in [6.07, 6.45) is 0.895. The Balaban J connectivity index is 1.64. The van der Waals surface area contributed by atoms with Crippen molar-refractivity contribution in [3.05, 3.63) is 40.5 Å². The van der Waals surface area contributed by atoms with Gasteiger partial charge in [0, 0.05) is 37.0 Å². The highest BCUT2D eigenvalue weighted by molar-refractivity contribution is 5.76. The quantitative estimate of drug-likeness (QED) is 0.885. The monoisotopic (exact) mass is 358 g/mol. The SMILES string of the molecule is CNc1cc(C)nc([C@H]2CN(C(=O)CCc3c(C)noc3C)CCO2)c1. The molecule has 0 spiro atoms. The number of anilines is 1. The summed E-state index contributed by atoms with van der Waals surface area (Å²) in [5.41, 5.74) is 4.67. The summed E-state index contributed by atoms with van der Waals surface area (Å²) < 4.78 is 11.1. The van der Waals surface area contributed by atoms with E-state index in [9.17, 15) is 4.79 Å². The van der Waals surface area contributed by atoms with Gasteiger partial charge in [-0.1, -0.05) is 5.16 Å². The molecule has 1 N–H and O–H groups in total. The maximum absolute atomic E-state index is 12.7. The van der Waals surface area contributed by atoms with Crippen LogP contribution in [0.1, 0.15) is 40.9 Å². The van der Waals surface area contributed by atoms with Gasteiger partial charge in [-0.2, -0.15) is 0 Å². The Bertz CT molecular complexity index is 768. The van der Waals surface area contributed by atoms with Gasteiger partial charge in [-0.25, -0.2) is 0 Å². The van der Waals surface area contributed by atoms with Crippen LogP contribution in [0.3, 0.4) is 0 Å². The standard InChI is InChI=1S/C19H26N4O3/c1-12-9-15(20-4)10-17(21-12)18-11-23(7-8-25-18)19(24)6-5-16-13(2)22-26-14(16)3/h9-10,18H,5-8,11H2,1-4H3,(H,20,21)/t18-/m1/s1. The van der Waals surface area contributed by atoms with Crippen molar-refractivity contribution in [2.24, 2.45) is 0 Å². The Labute approximate surface area is 153 Å². The van der Waals surface area contributed by atoms with Crippen molar-refractivity contribution in [3.8, 4) is 0 Å². The van der Waals surface area contributed by atoms with Crippen LogP contribution in [-0.2, 0) is 16.0 Å². The van der Waals surface area contributed by atoms with Gasteiger partial charge in [0.15, 0.2) is 0 Å². The molecule has 2 aromatic rings. The van der Waals surface area contributed by atoms with Crippen LogP contribution < -0.4 is 5.32 Å². The Hall–Kier alpha value is -2.41. The first-order valence-electron chi connectivity index (χ1n) is 8.95. The molecule has 0 aliphatic carbocycles. The van der Waals surface area contributed by atoms with Crippen molar-refractivity contribution < 1.29 is 14.1 Å². The normalized spacial score (nSPS) is 17.4. The lowest BCUT2D eigenvalue weighted by molar-refractivity contribution is -0.139. The molecule has 7 heteroatoms. The zero-order valence-electron chi connectivity index (χ0n) is 15.8. The van der Waals surface area contributed by atoms with Crippen molar-refractivity contribution in [2.45, 2.75) is 39.7 Å². The average Bonchev–Trinajstić information content (AvgIpc) is 2.97. The van der Waals surface area contributed by atoms with Crippen LogP contribution in [0.4, 0.5) is 5.69 Å². The van der Waals surface area contributed by atoms with Crippen LogP contribution in [-0.4, -0.2) is 47.7 Å². The molecule has 3 rings (SSSR count). The van der Waals surface area contributed by atoms with Crippen molar-refractivity contribution in [1.82, 2.24) is 15.0 Å². The number of ether oxygens (including phenoxy) is 1. The van der Waals surface area contributed by atoms with E-state index in [4.69, 9.17) is 9.26 Å². The van der Waals surface area contributed by atoms with Crippen LogP contribution >= 0.6 is 0 Å². The van der Waals surface area contributed by atoms with E-state index >= 15 is 0 Å². The maximum atomic E-state index is 12.7. The third-order valence-corrected chi connectivity index (χ3v) is 4.78. The lowest BCUT2D eigenvalue weighted by Crippen LogP contribution is -2.42. The van der Waals surface area contributed by atoms with Crippen LogP contribution in [0.25, 0.3) is 0 Å². The zero-order valence-corrected chi connectivity index (χ0v) is 15.8. The molecule has 1 atom stereocenters. The van der Waals surface area contributed by atoms with Crippen molar-refractivity contribution in [2.75, 3.05) is 32.1 Å². The number of amides is 1. The van der Waals surface area contributed by atoms with E-state index in [2.05, 4.69) is 15.5 Å². The van der Waals surface area contributed by atoms with Gasteiger partial charge in [-0.3, -0.25) is 9.78 Å². The molecule has 1 fully saturated rings. The molecule has 7 nitrogen and oxygen atoms in total. The van der Waals surface area contributed by atoms with Crippen LogP contribution in [0.5, 0.6) is 0 Å². The number of hydrogen-bond donors (Lipinski definition) is 1. The fourth-order valence-corrected chi connectivity index (χ4v) is 3.31. The fraction of sp³-hybridized carbons (Fsp3) is 0.526. The predicted octanol–water partition coefficient (Wildman–Crippen LogP) is 2.57. The maximum Gasteiger partial charge on any atom is 0.223 e. The lowest BCUT2D eigenvalue weighted by Gasteiger charge is -2.33. The Kier molecular flexibility index (Phi) is 5.56. The summed E-state index contributed by atoms with van der Waals surface area (Å²) in [5, 5.41) is 7.09. The van der Waals surface area contributed by atoms with Crippen molar-refractivity contribution in [3.63, 3.8) is 0 Å². The van der Waals surface area contributed by atoms with Gasteiger partial charge >= 0.3 is 0 Å². The molecule has 0 aromatic carbocycles. The molecule has 1 saturated heterocycles. The minimum atomic E-state index is -0.196. The highest BCUT2D eigenvalue weighted by Gasteiger charge is 2.27. The van der Waals surface area contributed by atoms with Gasteiger partial charge in [0.2, 0.25) is 5.91 Å². The minimum Gasteiger partial charge on any atom is -0.388 e. The van der Waals surface area contributed by atoms with Gasteiger partial charge in [-0.15, -0.1) is 0 Å². The summed E-state index contributed by atoms with van der Waals surface area (Å²) in [5.74, 6) is 0.915. The number of pyridine rings is 1. The molecule has 0 unspecified atom stereocenters. The first kappa shape index (κ1) is 18.4. The Morgan fingerprint density at radius 3 is 2.85 bits per heavy atom. The molecule has 0 saturated carbocycles. The average molecular weight is 358 g/mol. The third kappa shape index (κ3) is 4.04. The molecule has 1 amide bonds. The number of nitrogens with zero attached hydrogens (tertiary/aromatic N) is 3. The van der Waals surface area contributed by atoms with Gasteiger partial charge in [-0.05, 0) is 39.3 Å². The largest absolute Gasteiger partial charge is 0.388 e. The summed E-state index contributed by atoms with van der Waals surface area (Å²) in [6, 6.07) is 3.97. The Morgan fingerprint density at radius 1 is 1.35 bits per heavy atom. The van der Waals surface area contributed by atoms with Gasteiger partial charge in [0.25, 0.3) is 0 Å². The second-order valence-electron chi connectivity index (χ2n) is 6.67. The lowest BCUT2D eigenvalue weighted by atomic mass is 10.1. The Morgan fingerprint density at radius 2 is 2.15 bits per heavy atom. The highest BCUT2D eigenvalue weighted by Crippen LogP contribution is 2.24. The van der Waals surface area contributed by atoms with Gasteiger partial charge in [0.1, 0.15) is 11.9 Å². The molecule has 2 aromatic heterocycles. The fourth-order valence-electron chi connectivity index (χ4n) is 3.31. The number of morpholine rings is 1. The van der Waals surface area contributed by atoms with E-state index in [0.29, 0.717) is 32.5 Å². The summed E-state index contributed by atoms with van der Waals surface area (Å²) >= 11 is 0. The predicted molar refractivity (Wildman–Crippen MR) is 98.1 cm³/mol. The summed E-state index contributed by atoms with van der Waals surface area (Å²) in [6.45, 7) is 7.41. The van der Waals surface area contributed by atoms with Crippen LogP contribution in [0.2, 0.25) is 0 Å².